The van der Waals surface area contributed by atoms with Crippen LogP contribution in [0.1, 0.15) is 23.3 Å². The lowest BCUT2D eigenvalue weighted by atomic mass is 9.92. The van der Waals surface area contributed by atoms with Gasteiger partial charge in [0.2, 0.25) is 5.60 Å². The highest BCUT2D eigenvalue weighted by Gasteiger charge is 2.44. The van der Waals surface area contributed by atoms with E-state index < -0.39 is 11.6 Å². The summed E-state index contributed by atoms with van der Waals surface area (Å²) in [7, 11) is 2.05. The van der Waals surface area contributed by atoms with Gasteiger partial charge in [0, 0.05) is 24.8 Å². The molecule has 0 bridgehead atoms. The molecule has 0 aliphatic carbocycles. The maximum atomic E-state index is 12.8. The molecule has 2 heterocycles. The van der Waals surface area contributed by atoms with Gasteiger partial charge in [0.05, 0.1) is 4.88 Å². The zero-order chi connectivity index (χ0) is 16.3. The summed E-state index contributed by atoms with van der Waals surface area (Å²) in [5.74, 6) is -0.623. The minimum atomic E-state index is -1.80. The van der Waals surface area contributed by atoms with Gasteiger partial charge in [-0.25, -0.2) is 9.17 Å². The Kier molecular flexibility index (Phi) is 4.75. The fraction of sp³-hybridized carbons (Fsp3) is 0.412. The number of piperidine rings is 1. The third-order valence-corrected chi connectivity index (χ3v) is 5.08. The van der Waals surface area contributed by atoms with Crippen molar-refractivity contribution >= 4 is 17.5 Å². The Labute approximate surface area is 139 Å². The standard InChI is InChI=1S/C17H20N2O3S/c1-19-11-8-14(9-12-19)22-16(20)17(21,15-7-10-18-23-15)13-5-3-2-4-6-13/h2-7,10,14,21H,8-9,11-12H2,1H3/t17-/m0/s1. The van der Waals surface area contributed by atoms with Gasteiger partial charge in [0.25, 0.3) is 0 Å². The average Bonchev–Trinajstić information content (AvgIpc) is 3.12. The van der Waals surface area contributed by atoms with Crippen molar-refractivity contribution in [2.45, 2.75) is 24.5 Å². The van der Waals surface area contributed by atoms with Crippen molar-refractivity contribution in [1.29, 1.82) is 0 Å². The van der Waals surface area contributed by atoms with Crippen molar-refractivity contribution < 1.29 is 14.6 Å². The summed E-state index contributed by atoms with van der Waals surface area (Å²) in [6.07, 6.45) is 3.00. The van der Waals surface area contributed by atoms with Crippen LogP contribution in [0.2, 0.25) is 0 Å². The van der Waals surface area contributed by atoms with E-state index in [0.29, 0.717) is 10.4 Å². The van der Waals surface area contributed by atoms with Crippen molar-refractivity contribution in [2.24, 2.45) is 0 Å². The fourth-order valence-corrected chi connectivity index (χ4v) is 3.47. The van der Waals surface area contributed by atoms with Crippen molar-refractivity contribution in [3.05, 3.63) is 53.0 Å². The normalized spacial score (nSPS) is 19.2. The monoisotopic (exact) mass is 332 g/mol. The van der Waals surface area contributed by atoms with Crippen LogP contribution < -0.4 is 0 Å². The summed E-state index contributed by atoms with van der Waals surface area (Å²) >= 11 is 1.11. The maximum absolute atomic E-state index is 12.8. The highest BCUT2D eigenvalue weighted by Crippen LogP contribution is 2.34. The Morgan fingerprint density at radius 2 is 2.00 bits per heavy atom. The van der Waals surface area contributed by atoms with Crippen LogP contribution >= 0.6 is 11.5 Å². The first-order chi connectivity index (χ1) is 11.1. The molecule has 1 aromatic carbocycles. The van der Waals surface area contributed by atoms with Gasteiger partial charge in [0.1, 0.15) is 6.10 Å². The number of hydrogen-bond acceptors (Lipinski definition) is 6. The van der Waals surface area contributed by atoms with Gasteiger partial charge in [-0.15, -0.1) is 0 Å². The largest absolute Gasteiger partial charge is 0.460 e. The number of aromatic nitrogens is 1. The van der Waals surface area contributed by atoms with E-state index in [1.165, 1.54) is 0 Å². The molecule has 6 heteroatoms. The van der Waals surface area contributed by atoms with Gasteiger partial charge in [0.15, 0.2) is 0 Å². The third kappa shape index (κ3) is 3.29. The van der Waals surface area contributed by atoms with Crippen LogP contribution in [0.25, 0.3) is 0 Å². The number of nitrogens with zero attached hydrogens (tertiary/aromatic N) is 2. The van der Waals surface area contributed by atoms with E-state index in [2.05, 4.69) is 16.3 Å². The van der Waals surface area contributed by atoms with Crippen molar-refractivity contribution in [1.82, 2.24) is 9.27 Å². The Hall–Kier alpha value is -1.76. The minimum Gasteiger partial charge on any atom is -0.460 e. The maximum Gasteiger partial charge on any atom is 0.348 e. The van der Waals surface area contributed by atoms with Crippen molar-refractivity contribution in [3.8, 4) is 0 Å². The quantitative estimate of drug-likeness (QED) is 0.868. The van der Waals surface area contributed by atoms with Crippen LogP contribution in [-0.4, -0.2) is 46.6 Å². The molecule has 1 aliphatic rings. The van der Waals surface area contributed by atoms with E-state index in [1.54, 1.807) is 36.5 Å². The van der Waals surface area contributed by atoms with E-state index in [4.69, 9.17) is 4.74 Å². The summed E-state index contributed by atoms with van der Waals surface area (Å²) in [5.41, 5.74) is -1.30. The number of carbonyl (C=O) groups excluding carboxylic acids is 1. The summed E-state index contributed by atoms with van der Waals surface area (Å²) in [5, 5.41) is 11.2. The van der Waals surface area contributed by atoms with E-state index >= 15 is 0 Å². The van der Waals surface area contributed by atoms with Crippen LogP contribution in [0.3, 0.4) is 0 Å². The van der Waals surface area contributed by atoms with Crippen molar-refractivity contribution in [3.63, 3.8) is 0 Å². The molecule has 0 radical (unpaired) electrons. The Bertz CT molecular complexity index is 639. The van der Waals surface area contributed by atoms with Gasteiger partial charge in [-0.1, -0.05) is 30.3 Å². The van der Waals surface area contributed by atoms with Gasteiger partial charge < -0.3 is 14.7 Å². The number of ether oxygens (including phenoxy) is 1. The fourth-order valence-electron chi connectivity index (χ4n) is 2.78. The molecule has 1 atom stereocenters. The van der Waals surface area contributed by atoms with Crippen LogP contribution in [0, 0.1) is 0 Å². The third-order valence-electron chi connectivity index (χ3n) is 4.22. The smallest absolute Gasteiger partial charge is 0.348 e. The first kappa shape index (κ1) is 16.1. The number of esters is 1. The first-order valence-corrected chi connectivity index (χ1v) is 8.46. The molecule has 23 heavy (non-hydrogen) atoms. The summed E-state index contributed by atoms with van der Waals surface area (Å²) in [4.78, 5) is 15.5. The topological polar surface area (TPSA) is 62.7 Å². The second-order valence-electron chi connectivity index (χ2n) is 5.86. The van der Waals surface area contributed by atoms with E-state index in [0.717, 1.165) is 37.5 Å². The lowest BCUT2D eigenvalue weighted by Crippen LogP contribution is -2.42. The van der Waals surface area contributed by atoms with Gasteiger partial charge >= 0.3 is 5.97 Å². The predicted octanol–water partition coefficient (Wildman–Crippen LogP) is 2.02. The predicted molar refractivity (Wildman–Crippen MR) is 88.2 cm³/mol. The molecule has 1 aliphatic heterocycles. The van der Waals surface area contributed by atoms with Gasteiger partial charge in [-0.2, -0.15) is 0 Å². The van der Waals surface area contributed by atoms with E-state index in [9.17, 15) is 9.90 Å². The van der Waals surface area contributed by atoms with Gasteiger partial charge in [-0.05, 0) is 37.5 Å². The van der Waals surface area contributed by atoms with E-state index in [-0.39, 0.29) is 6.10 Å². The molecule has 1 fully saturated rings. The second kappa shape index (κ2) is 6.78. The highest BCUT2D eigenvalue weighted by atomic mass is 32.1. The number of likely N-dealkylation sites (tertiary alicyclic amines) is 1. The van der Waals surface area contributed by atoms with Crippen LogP contribution in [0.4, 0.5) is 0 Å². The number of hydrogen-bond donors (Lipinski definition) is 1. The lowest BCUT2D eigenvalue weighted by molar-refractivity contribution is -0.169. The highest BCUT2D eigenvalue weighted by molar-refractivity contribution is 7.06. The molecule has 1 N–H and O–H groups in total. The minimum absolute atomic E-state index is 0.151. The number of aliphatic hydroxyl groups is 1. The molecule has 1 saturated heterocycles. The second-order valence-corrected chi connectivity index (χ2v) is 6.69. The summed E-state index contributed by atoms with van der Waals surface area (Å²) in [6, 6.07) is 10.6. The average molecular weight is 332 g/mol. The molecule has 0 amide bonds. The summed E-state index contributed by atoms with van der Waals surface area (Å²) < 4.78 is 9.67. The van der Waals surface area contributed by atoms with Crippen LogP contribution in [-0.2, 0) is 15.1 Å². The molecular formula is C17H20N2O3S. The molecule has 0 saturated carbocycles. The lowest BCUT2D eigenvalue weighted by Gasteiger charge is -2.32. The van der Waals surface area contributed by atoms with Crippen LogP contribution in [0.5, 0.6) is 0 Å². The SMILES string of the molecule is CN1CCC(OC(=O)[C@](O)(c2ccccc2)c2ccns2)CC1. The zero-order valence-corrected chi connectivity index (χ0v) is 13.8. The number of rotatable bonds is 4. The molecule has 2 aromatic rings. The molecule has 0 unspecified atom stereocenters. The molecular weight excluding hydrogens is 312 g/mol. The Morgan fingerprint density at radius 3 is 2.61 bits per heavy atom. The molecule has 1 aromatic heterocycles. The molecule has 5 nitrogen and oxygen atoms in total. The molecule has 3 rings (SSSR count). The van der Waals surface area contributed by atoms with Gasteiger partial charge in [-0.3, -0.25) is 0 Å². The number of carbonyl (C=O) groups is 1. The van der Waals surface area contributed by atoms with Crippen LogP contribution in [0.15, 0.2) is 42.6 Å². The van der Waals surface area contributed by atoms with E-state index in [1.807, 2.05) is 6.07 Å². The van der Waals surface area contributed by atoms with Crippen molar-refractivity contribution in [2.75, 3.05) is 20.1 Å². The molecule has 122 valence electrons. The summed E-state index contributed by atoms with van der Waals surface area (Å²) in [6.45, 7) is 1.78. The number of benzene rings is 1. The molecule has 0 spiro atoms. The Morgan fingerprint density at radius 1 is 1.30 bits per heavy atom. The zero-order valence-electron chi connectivity index (χ0n) is 13.0. The Balaban J connectivity index is 1.86. The first-order valence-electron chi connectivity index (χ1n) is 7.69.